The fourth-order valence-corrected chi connectivity index (χ4v) is 3.23. The molecule has 2 atom stereocenters. The van der Waals surface area contributed by atoms with E-state index in [9.17, 15) is 9.18 Å². The molecular formula is C14H16FNO. The molecule has 2 saturated heterocycles. The minimum absolute atomic E-state index is 0.197. The highest BCUT2D eigenvalue weighted by atomic mass is 19.1. The number of nitrogens with zero attached hydrogens (tertiary/aromatic N) is 1. The van der Waals surface area contributed by atoms with E-state index < -0.39 is 0 Å². The number of carbonyl (C=O) groups excluding carboxylic acids is 1. The summed E-state index contributed by atoms with van der Waals surface area (Å²) in [5.41, 5.74) is 0.937. The molecule has 3 rings (SSSR count). The molecule has 0 N–H and O–H groups in total. The van der Waals surface area contributed by atoms with Crippen molar-refractivity contribution in [1.29, 1.82) is 0 Å². The molecule has 0 amide bonds. The Morgan fingerprint density at radius 3 is 2.53 bits per heavy atom. The van der Waals surface area contributed by atoms with E-state index in [0.29, 0.717) is 18.6 Å². The first-order valence-electron chi connectivity index (χ1n) is 6.29. The van der Waals surface area contributed by atoms with Gasteiger partial charge in [-0.3, -0.25) is 4.79 Å². The maximum Gasteiger partial charge on any atom is 0.137 e. The van der Waals surface area contributed by atoms with E-state index in [0.717, 1.165) is 18.5 Å². The molecule has 0 spiro atoms. The molecule has 3 heteroatoms. The summed E-state index contributed by atoms with van der Waals surface area (Å²) >= 11 is 0. The van der Waals surface area contributed by atoms with Crippen molar-refractivity contribution in [2.45, 2.75) is 44.2 Å². The lowest BCUT2D eigenvalue weighted by Crippen LogP contribution is -2.52. The normalized spacial score (nSPS) is 28.3. The first-order chi connectivity index (χ1) is 8.24. The number of carbonyl (C=O) groups is 1. The zero-order chi connectivity index (χ0) is 11.8. The number of halogens is 1. The van der Waals surface area contributed by atoms with Crippen LogP contribution in [0.3, 0.4) is 0 Å². The second-order valence-electron chi connectivity index (χ2n) is 5.07. The van der Waals surface area contributed by atoms with Gasteiger partial charge in [0.05, 0.1) is 0 Å². The highest BCUT2D eigenvalue weighted by Crippen LogP contribution is 2.36. The highest BCUT2D eigenvalue weighted by molar-refractivity contribution is 5.82. The van der Waals surface area contributed by atoms with Crippen LogP contribution in [-0.2, 0) is 4.79 Å². The van der Waals surface area contributed by atoms with Gasteiger partial charge in [0.15, 0.2) is 0 Å². The molecule has 2 fully saturated rings. The molecule has 2 aliphatic heterocycles. The van der Waals surface area contributed by atoms with Gasteiger partial charge in [-0.15, -0.1) is 0 Å². The Balaban J connectivity index is 1.94. The molecule has 2 unspecified atom stereocenters. The smallest absolute Gasteiger partial charge is 0.137 e. The number of hydrogen-bond donors (Lipinski definition) is 0. The molecule has 17 heavy (non-hydrogen) atoms. The van der Waals surface area contributed by atoms with Crippen molar-refractivity contribution in [2.75, 3.05) is 4.90 Å². The third kappa shape index (κ3) is 1.94. The number of rotatable bonds is 1. The highest BCUT2D eigenvalue weighted by Gasteiger charge is 2.37. The van der Waals surface area contributed by atoms with Gasteiger partial charge in [0.25, 0.3) is 0 Å². The largest absolute Gasteiger partial charge is 0.365 e. The molecular weight excluding hydrogens is 217 g/mol. The van der Waals surface area contributed by atoms with Gasteiger partial charge in [0, 0.05) is 30.6 Å². The molecule has 0 aliphatic carbocycles. The van der Waals surface area contributed by atoms with Crippen molar-refractivity contribution in [1.82, 2.24) is 0 Å². The summed E-state index contributed by atoms with van der Waals surface area (Å²) in [4.78, 5) is 13.9. The second kappa shape index (κ2) is 4.13. The third-order valence-electron chi connectivity index (χ3n) is 3.89. The Labute approximate surface area is 100 Å². The molecule has 1 aromatic carbocycles. The van der Waals surface area contributed by atoms with Gasteiger partial charge >= 0.3 is 0 Å². The van der Waals surface area contributed by atoms with Crippen molar-refractivity contribution in [3.63, 3.8) is 0 Å². The van der Waals surface area contributed by atoms with Crippen LogP contribution in [-0.4, -0.2) is 17.9 Å². The zero-order valence-electron chi connectivity index (χ0n) is 9.73. The second-order valence-corrected chi connectivity index (χ2v) is 5.07. The number of ketones is 1. The fourth-order valence-electron chi connectivity index (χ4n) is 3.23. The average molecular weight is 233 g/mol. The topological polar surface area (TPSA) is 20.3 Å². The molecule has 90 valence electrons. The Kier molecular flexibility index (Phi) is 2.61. The van der Waals surface area contributed by atoms with Gasteiger partial charge in [0.2, 0.25) is 0 Å². The van der Waals surface area contributed by atoms with E-state index in [1.165, 1.54) is 12.5 Å². The first-order valence-corrected chi connectivity index (χ1v) is 6.29. The van der Waals surface area contributed by atoms with Crippen molar-refractivity contribution >= 4 is 11.5 Å². The fraction of sp³-hybridized carbons (Fsp3) is 0.500. The van der Waals surface area contributed by atoms with Crippen LogP contribution in [0.2, 0.25) is 0 Å². The summed E-state index contributed by atoms with van der Waals surface area (Å²) in [6.45, 7) is 0. The van der Waals surface area contributed by atoms with E-state index >= 15 is 0 Å². The Bertz CT molecular complexity index is 430. The van der Waals surface area contributed by atoms with E-state index in [-0.39, 0.29) is 17.9 Å². The van der Waals surface area contributed by atoms with Gasteiger partial charge < -0.3 is 4.90 Å². The molecule has 2 heterocycles. The standard InChI is InChI=1S/C14H16FNO/c15-10-3-1-4-11(7-10)16-12-5-2-6-13(16)9-14(17)8-12/h1,3-4,7,12-13H,2,5-6,8-9H2. The average Bonchev–Trinajstić information content (AvgIpc) is 2.27. The molecule has 0 radical (unpaired) electrons. The van der Waals surface area contributed by atoms with Gasteiger partial charge in [-0.05, 0) is 37.5 Å². The van der Waals surface area contributed by atoms with Crippen LogP contribution in [0, 0.1) is 5.82 Å². The molecule has 1 aromatic rings. The van der Waals surface area contributed by atoms with Gasteiger partial charge in [-0.1, -0.05) is 6.07 Å². The van der Waals surface area contributed by atoms with Crippen LogP contribution in [0.15, 0.2) is 24.3 Å². The lowest BCUT2D eigenvalue weighted by molar-refractivity contribution is -0.121. The molecule has 0 saturated carbocycles. The number of Topliss-reactive ketones (excluding diaryl/α,β-unsaturated/α-hetero) is 1. The van der Waals surface area contributed by atoms with Crippen LogP contribution in [0.25, 0.3) is 0 Å². The summed E-state index contributed by atoms with van der Waals surface area (Å²) in [6.07, 6.45) is 4.56. The molecule has 2 nitrogen and oxygen atoms in total. The lowest BCUT2D eigenvalue weighted by Gasteiger charge is -2.47. The van der Waals surface area contributed by atoms with Crippen LogP contribution in [0.4, 0.5) is 10.1 Å². The van der Waals surface area contributed by atoms with Crippen LogP contribution >= 0.6 is 0 Å². The van der Waals surface area contributed by atoms with E-state index in [1.54, 1.807) is 12.1 Å². The minimum Gasteiger partial charge on any atom is -0.365 e. The van der Waals surface area contributed by atoms with E-state index in [2.05, 4.69) is 4.90 Å². The maximum atomic E-state index is 13.3. The Morgan fingerprint density at radius 1 is 1.18 bits per heavy atom. The van der Waals surface area contributed by atoms with Gasteiger partial charge in [-0.25, -0.2) is 4.39 Å². The van der Waals surface area contributed by atoms with Crippen molar-refractivity contribution in [3.8, 4) is 0 Å². The summed E-state index contributed by atoms with van der Waals surface area (Å²) in [6, 6.07) is 7.32. The van der Waals surface area contributed by atoms with Crippen molar-refractivity contribution in [3.05, 3.63) is 30.1 Å². The van der Waals surface area contributed by atoms with Gasteiger partial charge in [0.1, 0.15) is 11.6 Å². The Hall–Kier alpha value is -1.38. The molecule has 2 aliphatic rings. The maximum absolute atomic E-state index is 13.3. The summed E-state index contributed by atoms with van der Waals surface area (Å²) in [7, 11) is 0. The molecule has 0 aromatic heterocycles. The van der Waals surface area contributed by atoms with Crippen LogP contribution in [0.1, 0.15) is 32.1 Å². The monoisotopic (exact) mass is 233 g/mol. The Morgan fingerprint density at radius 2 is 1.88 bits per heavy atom. The number of fused-ring (bicyclic) bond motifs is 2. The quantitative estimate of drug-likeness (QED) is 0.743. The van der Waals surface area contributed by atoms with Crippen molar-refractivity contribution < 1.29 is 9.18 Å². The summed E-state index contributed by atoms with van der Waals surface area (Å²) < 4.78 is 13.3. The molecule has 2 bridgehead atoms. The van der Waals surface area contributed by atoms with Gasteiger partial charge in [-0.2, -0.15) is 0 Å². The number of hydrogen-bond acceptors (Lipinski definition) is 2. The predicted molar refractivity (Wildman–Crippen MR) is 64.5 cm³/mol. The summed E-state index contributed by atoms with van der Waals surface area (Å²) in [5.74, 6) is 0.171. The third-order valence-corrected chi connectivity index (χ3v) is 3.89. The lowest BCUT2D eigenvalue weighted by atomic mass is 9.83. The zero-order valence-corrected chi connectivity index (χ0v) is 9.73. The minimum atomic E-state index is -0.197. The predicted octanol–water partition coefficient (Wildman–Crippen LogP) is 2.92. The number of anilines is 1. The van der Waals surface area contributed by atoms with Crippen molar-refractivity contribution in [2.24, 2.45) is 0 Å². The van der Waals surface area contributed by atoms with E-state index in [1.807, 2.05) is 6.07 Å². The SMILES string of the molecule is O=C1CC2CCCC(C1)N2c1cccc(F)c1. The summed E-state index contributed by atoms with van der Waals surface area (Å²) in [5, 5.41) is 0. The van der Waals surface area contributed by atoms with Crippen LogP contribution in [0.5, 0.6) is 0 Å². The van der Waals surface area contributed by atoms with E-state index in [4.69, 9.17) is 0 Å². The number of benzene rings is 1. The van der Waals surface area contributed by atoms with Crippen LogP contribution < -0.4 is 4.90 Å². The first kappa shape index (κ1) is 10.8. The number of piperidine rings is 2.